The van der Waals surface area contributed by atoms with Gasteiger partial charge in [0.15, 0.2) is 5.65 Å². The molecule has 0 aliphatic carbocycles. The van der Waals surface area contributed by atoms with Gasteiger partial charge in [-0.15, -0.1) is 0 Å². The summed E-state index contributed by atoms with van der Waals surface area (Å²) >= 11 is 0. The molecule has 0 spiro atoms. The van der Waals surface area contributed by atoms with Gasteiger partial charge in [-0.3, -0.25) is 14.8 Å². The highest BCUT2D eigenvalue weighted by Gasteiger charge is 2.19. The molecular weight excluding hydrogens is 396 g/mol. The lowest BCUT2D eigenvalue weighted by Gasteiger charge is -2.23. The van der Waals surface area contributed by atoms with E-state index in [4.69, 9.17) is 10.00 Å². The van der Waals surface area contributed by atoms with Gasteiger partial charge in [0, 0.05) is 50.7 Å². The largest absolute Gasteiger partial charge is 0.462 e. The fourth-order valence-corrected chi connectivity index (χ4v) is 3.83. The van der Waals surface area contributed by atoms with E-state index >= 15 is 0 Å². The number of H-pyrrole nitrogens is 1. The van der Waals surface area contributed by atoms with Crippen LogP contribution in [-0.4, -0.2) is 58.3 Å². The highest BCUT2D eigenvalue weighted by atomic mass is 16.5. The van der Waals surface area contributed by atoms with Gasteiger partial charge in [0.1, 0.15) is 5.56 Å². The molecule has 0 bridgehead atoms. The third-order valence-electron chi connectivity index (χ3n) is 5.38. The Kier molecular flexibility index (Phi) is 6.00. The lowest BCUT2D eigenvalue weighted by Crippen LogP contribution is -2.31. The van der Waals surface area contributed by atoms with Crippen molar-refractivity contribution in [3.8, 4) is 6.07 Å². The van der Waals surface area contributed by atoms with Gasteiger partial charge in [-0.2, -0.15) is 5.26 Å². The van der Waals surface area contributed by atoms with Crippen LogP contribution in [0.2, 0.25) is 0 Å². The second-order valence-electron chi connectivity index (χ2n) is 7.43. The van der Waals surface area contributed by atoms with Gasteiger partial charge in [0.05, 0.1) is 23.9 Å². The zero-order valence-electron chi connectivity index (χ0n) is 17.4. The third-order valence-corrected chi connectivity index (χ3v) is 5.38. The third kappa shape index (κ3) is 4.44. The summed E-state index contributed by atoms with van der Waals surface area (Å²) in [5.74, 6) is -0.502. The van der Waals surface area contributed by atoms with Crippen LogP contribution in [0.3, 0.4) is 0 Å². The summed E-state index contributed by atoms with van der Waals surface area (Å²) in [6.45, 7) is 5.97. The molecule has 1 aliphatic rings. The maximum absolute atomic E-state index is 12.5. The van der Waals surface area contributed by atoms with Crippen LogP contribution in [-0.2, 0) is 11.3 Å². The molecule has 2 aromatic heterocycles. The Bertz CT molecular complexity index is 1170. The SMILES string of the molecule is CCOC(=O)c1c[nH]n2c(=O)cc(CN3CCCN(c4ccc(C#N)cc4)CC3)nc12. The number of aromatic nitrogens is 3. The fraction of sp³-hybridized carbons (Fsp3) is 0.364. The molecule has 1 aliphatic heterocycles. The summed E-state index contributed by atoms with van der Waals surface area (Å²) < 4.78 is 6.32. The second-order valence-corrected chi connectivity index (χ2v) is 7.43. The van der Waals surface area contributed by atoms with Crippen LogP contribution in [0, 0.1) is 11.3 Å². The molecule has 0 saturated carbocycles. The lowest BCUT2D eigenvalue weighted by molar-refractivity contribution is 0.0528. The summed E-state index contributed by atoms with van der Waals surface area (Å²) in [5, 5.41) is 11.7. The Balaban J connectivity index is 1.48. The molecule has 1 fully saturated rings. The molecule has 3 aromatic rings. The second kappa shape index (κ2) is 9.02. The van der Waals surface area contributed by atoms with Crippen molar-refractivity contribution in [3.05, 3.63) is 63.7 Å². The Morgan fingerprint density at radius 2 is 2.03 bits per heavy atom. The number of anilines is 1. The smallest absolute Gasteiger partial charge is 0.343 e. The molecule has 4 rings (SSSR count). The van der Waals surface area contributed by atoms with Crippen LogP contribution < -0.4 is 10.5 Å². The molecule has 0 amide bonds. The summed E-state index contributed by atoms with van der Waals surface area (Å²) in [7, 11) is 0. The minimum absolute atomic E-state index is 0.253. The Hall–Kier alpha value is -3.64. The molecule has 1 aromatic carbocycles. The van der Waals surface area contributed by atoms with Crippen LogP contribution in [0.25, 0.3) is 5.65 Å². The molecule has 9 heteroatoms. The lowest BCUT2D eigenvalue weighted by atomic mass is 10.2. The number of nitrogens with one attached hydrogen (secondary N) is 1. The maximum Gasteiger partial charge on any atom is 0.343 e. The first-order chi connectivity index (χ1) is 15.1. The molecule has 160 valence electrons. The van der Waals surface area contributed by atoms with E-state index in [1.165, 1.54) is 16.8 Å². The minimum Gasteiger partial charge on any atom is -0.462 e. The van der Waals surface area contributed by atoms with E-state index in [9.17, 15) is 9.59 Å². The molecule has 0 radical (unpaired) electrons. The number of nitrogens with zero attached hydrogens (tertiary/aromatic N) is 5. The fourth-order valence-electron chi connectivity index (χ4n) is 3.83. The summed E-state index contributed by atoms with van der Waals surface area (Å²) in [5.41, 5.74) is 2.66. The average Bonchev–Trinajstić information content (AvgIpc) is 3.07. The number of carbonyl (C=O) groups excluding carboxylic acids is 1. The van der Waals surface area contributed by atoms with Crippen molar-refractivity contribution in [1.82, 2.24) is 19.5 Å². The average molecular weight is 420 g/mol. The van der Waals surface area contributed by atoms with Crippen molar-refractivity contribution in [3.63, 3.8) is 0 Å². The highest BCUT2D eigenvalue weighted by molar-refractivity contribution is 5.95. The number of hydrogen-bond donors (Lipinski definition) is 1. The molecule has 9 nitrogen and oxygen atoms in total. The van der Waals surface area contributed by atoms with Crippen LogP contribution in [0.15, 0.2) is 41.3 Å². The Morgan fingerprint density at radius 3 is 2.77 bits per heavy atom. The first-order valence-corrected chi connectivity index (χ1v) is 10.3. The van der Waals surface area contributed by atoms with Gasteiger partial charge in [-0.25, -0.2) is 14.3 Å². The molecule has 1 N–H and O–H groups in total. The first kappa shape index (κ1) is 20.6. The van der Waals surface area contributed by atoms with Crippen molar-refractivity contribution in [2.24, 2.45) is 0 Å². The zero-order valence-corrected chi connectivity index (χ0v) is 17.4. The molecule has 0 atom stereocenters. The first-order valence-electron chi connectivity index (χ1n) is 10.3. The highest BCUT2D eigenvalue weighted by Crippen LogP contribution is 2.18. The molecule has 31 heavy (non-hydrogen) atoms. The van der Waals surface area contributed by atoms with Gasteiger partial charge in [0.25, 0.3) is 5.56 Å². The van der Waals surface area contributed by atoms with Crippen molar-refractivity contribution >= 4 is 17.3 Å². The Morgan fingerprint density at radius 1 is 1.23 bits per heavy atom. The monoisotopic (exact) mass is 420 g/mol. The maximum atomic E-state index is 12.5. The predicted molar refractivity (Wildman–Crippen MR) is 115 cm³/mol. The number of aromatic amines is 1. The van der Waals surface area contributed by atoms with Crippen LogP contribution in [0.5, 0.6) is 0 Å². The zero-order chi connectivity index (χ0) is 21.8. The van der Waals surface area contributed by atoms with E-state index in [0.717, 1.165) is 38.3 Å². The predicted octanol–water partition coefficient (Wildman–Crippen LogP) is 1.78. The van der Waals surface area contributed by atoms with E-state index in [0.29, 0.717) is 17.8 Å². The number of nitriles is 1. The van der Waals surface area contributed by atoms with Crippen LogP contribution >= 0.6 is 0 Å². The van der Waals surface area contributed by atoms with Crippen molar-refractivity contribution in [1.29, 1.82) is 5.26 Å². The number of ether oxygens (including phenoxy) is 1. The quantitative estimate of drug-likeness (QED) is 0.627. The van der Waals surface area contributed by atoms with Gasteiger partial charge >= 0.3 is 5.97 Å². The number of esters is 1. The van der Waals surface area contributed by atoms with E-state index in [-0.39, 0.29) is 23.4 Å². The standard InChI is InChI=1S/C22H24N6O3/c1-2-31-22(30)19-14-24-28-20(29)12-17(25-21(19)28)15-26-8-3-9-27(11-10-26)18-6-4-16(13-23)5-7-18/h4-7,12,14,24H,2-3,8-11,15H2,1H3. The van der Waals surface area contributed by atoms with E-state index in [1.54, 1.807) is 6.92 Å². The van der Waals surface area contributed by atoms with Crippen LogP contribution in [0.4, 0.5) is 5.69 Å². The van der Waals surface area contributed by atoms with E-state index in [2.05, 4.69) is 26.0 Å². The normalized spacial score (nSPS) is 14.9. The minimum atomic E-state index is -0.502. The van der Waals surface area contributed by atoms with E-state index in [1.807, 2.05) is 24.3 Å². The topological polar surface area (TPSA) is 107 Å². The van der Waals surface area contributed by atoms with Crippen molar-refractivity contribution in [2.75, 3.05) is 37.7 Å². The number of benzene rings is 1. The number of fused-ring (bicyclic) bond motifs is 1. The number of rotatable bonds is 5. The van der Waals surface area contributed by atoms with Crippen molar-refractivity contribution in [2.45, 2.75) is 19.9 Å². The summed E-state index contributed by atoms with van der Waals surface area (Å²) in [6.07, 6.45) is 2.42. The van der Waals surface area contributed by atoms with Gasteiger partial charge in [0.2, 0.25) is 0 Å². The van der Waals surface area contributed by atoms with Gasteiger partial charge in [-0.05, 0) is 37.6 Å². The van der Waals surface area contributed by atoms with E-state index < -0.39 is 5.97 Å². The molecule has 0 unspecified atom stereocenters. The van der Waals surface area contributed by atoms with Crippen molar-refractivity contribution < 1.29 is 9.53 Å². The molecule has 1 saturated heterocycles. The summed E-state index contributed by atoms with van der Waals surface area (Å²) in [6, 6.07) is 11.3. The molecule has 3 heterocycles. The number of carbonyl (C=O) groups is 1. The van der Waals surface area contributed by atoms with Gasteiger partial charge < -0.3 is 9.64 Å². The van der Waals surface area contributed by atoms with Crippen LogP contribution in [0.1, 0.15) is 35.0 Å². The van der Waals surface area contributed by atoms with Gasteiger partial charge in [-0.1, -0.05) is 0 Å². The summed E-state index contributed by atoms with van der Waals surface area (Å²) in [4.78, 5) is 33.8. The molecular formula is C22H24N6O3. The number of hydrogen-bond acceptors (Lipinski definition) is 7. The Labute approximate surface area is 179 Å².